The van der Waals surface area contributed by atoms with Gasteiger partial charge in [0.2, 0.25) is 5.91 Å². The van der Waals surface area contributed by atoms with Gasteiger partial charge in [-0.3, -0.25) is 9.59 Å². The Labute approximate surface area is 181 Å². The molecule has 3 aromatic rings. The molecule has 1 aromatic heterocycles. The number of para-hydroxylation sites is 1. The minimum absolute atomic E-state index is 0.127. The zero-order valence-electron chi connectivity index (χ0n) is 18.2. The lowest BCUT2D eigenvalue weighted by Crippen LogP contribution is -2.38. The molecule has 162 valence electrons. The summed E-state index contributed by atoms with van der Waals surface area (Å²) in [6.45, 7) is 8.16. The van der Waals surface area contributed by atoms with E-state index in [1.54, 1.807) is 11.6 Å². The number of nitrogens with one attached hydrogen (secondary N) is 1. The molecule has 2 aromatic carbocycles. The largest absolute Gasteiger partial charge is 0.330 e. The maximum Gasteiger partial charge on any atom is 0.254 e. The molecule has 0 aliphatic heterocycles. The number of nitrogens with zero attached hydrogens (tertiary/aromatic N) is 3. The van der Waals surface area contributed by atoms with Gasteiger partial charge in [-0.2, -0.15) is 5.10 Å². The van der Waals surface area contributed by atoms with Gasteiger partial charge in [-0.05, 0) is 43.3 Å². The van der Waals surface area contributed by atoms with Crippen molar-refractivity contribution in [3.8, 4) is 5.69 Å². The Morgan fingerprint density at radius 3 is 2.29 bits per heavy atom. The maximum atomic E-state index is 13.2. The summed E-state index contributed by atoms with van der Waals surface area (Å²) in [4.78, 5) is 26.9. The molecule has 0 fully saturated rings. The third-order valence-corrected chi connectivity index (χ3v) is 4.84. The van der Waals surface area contributed by atoms with E-state index in [0.29, 0.717) is 17.9 Å². The number of halogens is 1. The number of hydrogen-bond donors (Lipinski definition) is 1. The Hall–Kier alpha value is -3.48. The van der Waals surface area contributed by atoms with Crippen LogP contribution < -0.4 is 5.32 Å². The normalized spacial score (nSPS) is 11.3. The Morgan fingerprint density at radius 2 is 1.71 bits per heavy atom. The standard InChI is InChI=1S/C24H27FN4O2/c1-5-28(23(31)17-11-13-18(25)14-12-17)16-22(30)26-21-15-20(24(2,3)4)27-29(21)19-9-7-6-8-10-19/h6-15H,5,16H2,1-4H3,(H,26,30). The fraction of sp³-hybridized carbons (Fsp3) is 0.292. The molecule has 1 N–H and O–H groups in total. The first-order valence-corrected chi connectivity index (χ1v) is 10.2. The minimum atomic E-state index is -0.416. The lowest BCUT2D eigenvalue weighted by molar-refractivity contribution is -0.116. The summed E-state index contributed by atoms with van der Waals surface area (Å²) in [5.74, 6) is -0.549. The second-order valence-corrected chi connectivity index (χ2v) is 8.29. The van der Waals surface area contributed by atoms with Crippen molar-refractivity contribution in [2.75, 3.05) is 18.4 Å². The lowest BCUT2D eigenvalue weighted by atomic mass is 9.92. The molecular formula is C24H27FN4O2. The van der Waals surface area contributed by atoms with Gasteiger partial charge < -0.3 is 10.2 Å². The number of likely N-dealkylation sites (N-methyl/N-ethyl adjacent to an activating group) is 1. The second kappa shape index (κ2) is 9.12. The highest BCUT2D eigenvalue weighted by molar-refractivity contribution is 5.99. The van der Waals surface area contributed by atoms with Crippen LogP contribution in [-0.4, -0.2) is 39.6 Å². The van der Waals surface area contributed by atoms with E-state index in [1.165, 1.54) is 29.2 Å². The van der Waals surface area contributed by atoms with Crippen LogP contribution in [0.25, 0.3) is 5.69 Å². The molecule has 31 heavy (non-hydrogen) atoms. The number of aromatic nitrogens is 2. The van der Waals surface area contributed by atoms with Crippen molar-refractivity contribution in [1.82, 2.24) is 14.7 Å². The average Bonchev–Trinajstić information content (AvgIpc) is 3.17. The van der Waals surface area contributed by atoms with E-state index in [2.05, 4.69) is 31.2 Å². The molecule has 0 atom stereocenters. The van der Waals surface area contributed by atoms with Crippen LogP contribution in [0.5, 0.6) is 0 Å². The van der Waals surface area contributed by atoms with Crippen molar-refractivity contribution in [3.63, 3.8) is 0 Å². The van der Waals surface area contributed by atoms with Crippen LogP contribution in [0.4, 0.5) is 10.2 Å². The van der Waals surface area contributed by atoms with Gasteiger partial charge in [0, 0.05) is 23.6 Å². The number of anilines is 1. The quantitative estimate of drug-likeness (QED) is 0.640. The zero-order chi connectivity index (χ0) is 22.6. The van der Waals surface area contributed by atoms with Gasteiger partial charge >= 0.3 is 0 Å². The molecule has 0 bridgehead atoms. The molecule has 0 aliphatic carbocycles. The molecule has 1 heterocycles. The number of hydrogen-bond acceptors (Lipinski definition) is 3. The van der Waals surface area contributed by atoms with Crippen molar-refractivity contribution in [2.45, 2.75) is 33.1 Å². The predicted molar refractivity (Wildman–Crippen MR) is 119 cm³/mol. The Bertz CT molecular complexity index is 1050. The molecule has 0 saturated heterocycles. The first-order chi connectivity index (χ1) is 14.7. The van der Waals surface area contributed by atoms with Gasteiger partial charge in [0.15, 0.2) is 0 Å². The molecule has 7 heteroatoms. The zero-order valence-corrected chi connectivity index (χ0v) is 18.2. The first-order valence-electron chi connectivity index (χ1n) is 10.2. The van der Waals surface area contributed by atoms with Crippen molar-refractivity contribution >= 4 is 17.6 Å². The van der Waals surface area contributed by atoms with Crippen molar-refractivity contribution in [1.29, 1.82) is 0 Å². The predicted octanol–water partition coefficient (Wildman–Crippen LogP) is 4.41. The Balaban J connectivity index is 1.81. The number of amides is 2. The van der Waals surface area contributed by atoms with Crippen LogP contribution in [-0.2, 0) is 10.2 Å². The summed E-state index contributed by atoms with van der Waals surface area (Å²) in [6, 6.07) is 16.7. The van der Waals surface area contributed by atoms with Gasteiger partial charge in [0.25, 0.3) is 5.91 Å². The minimum Gasteiger partial charge on any atom is -0.330 e. The topological polar surface area (TPSA) is 67.2 Å². The average molecular weight is 423 g/mol. The molecule has 2 amide bonds. The highest BCUT2D eigenvalue weighted by atomic mass is 19.1. The number of carbonyl (C=O) groups is 2. The van der Waals surface area contributed by atoms with Gasteiger partial charge in [-0.15, -0.1) is 0 Å². The molecule has 0 spiro atoms. The number of rotatable bonds is 6. The van der Waals surface area contributed by atoms with E-state index in [-0.39, 0.29) is 23.8 Å². The summed E-state index contributed by atoms with van der Waals surface area (Å²) >= 11 is 0. The van der Waals surface area contributed by atoms with Crippen LogP contribution in [0.1, 0.15) is 43.7 Å². The monoisotopic (exact) mass is 422 g/mol. The fourth-order valence-corrected chi connectivity index (χ4v) is 3.06. The molecular weight excluding hydrogens is 395 g/mol. The summed E-state index contributed by atoms with van der Waals surface area (Å²) < 4.78 is 14.8. The van der Waals surface area contributed by atoms with Crippen molar-refractivity contribution in [2.24, 2.45) is 0 Å². The van der Waals surface area contributed by atoms with E-state index in [1.807, 2.05) is 36.4 Å². The van der Waals surface area contributed by atoms with E-state index < -0.39 is 5.82 Å². The molecule has 0 saturated carbocycles. The van der Waals surface area contributed by atoms with Crippen molar-refractivity contribution < 1.29 is 14.0 Å². The van der Waals surface area contributed by atoms with Crippen LogP contribution in [0.3, 0.4) is 0 Å². The van der Waals surface area contributed by atoms with Gasteiger partial charge in [0.05, 0.1) is 11.4 Å². The third kappa shape index (κ3) is 5.36. The van der Waals surface area contributed by atoms with Crippen LogP contribution in [0.15, 0.2) is 60.7 Å². The van der Waals surface area contributed by atoms with Crippen molar-refractivity contribution in [3.05, 3.63) is 77.7 Å². The molecule has 0 radical (unpaired) electrons. The Kier molecular flexibility index (Phi) is 6.53. The summed E-state index contributed by atoms with van der Waals surface area (Å²) in [7, 11) is 0. The molecule has 6 nitrogen and oxygen atoms in total. The molecule has 0 unspecified atom stereocenters. The van der Waals surface area contributed by atoms with E-state index in [9.17, 15) is 14.0 Å². The third-order valence-electron chi connectivity index (χ3n) is 4.84. The SMILES string of the molecule is CCN(CC(=O)Nc1cc(C(C)(C)C)nn1-c1ccccc1)C(=O)c1ccc(F)cc1. The summed E-state index contributed by atoms with van der Waals surface area (Å²) in [5, 5.41) is 7.57. The first kappa shape index (κ1) is 22.2. The van der Waals surface area contributed by atoms with E-state index in [0.717, 1.165) is 11.4 Å². The maximum absolute atomic E-state index is 13.2. The molecule has 0 aliphatic rings. The van der Waals surface area contributed by atoms with Gasteiger partial charge in [-0.1, -0.05) is 39.0 Å². The van der Waals surface area contributed by atoms with E-state index in [4.69, 9.17) is 0 Å². The smallest absolute Gasteiger partial charge is 0.254 e. The van der Waals surface area contributed by atoms with Crippen LogP contribution in [0.2, 0.25) is 0 Å². The van der Waals surface area contributed by atoms with Gasteiger partial charge in [-0.25, -0.2) is 9.07 Å². The summed E-state index contributed by atoms with van der Waals surface area (Å²) in [6.07, 6.45) is 0. The van der Waals surface area contributed by atoms with E-state index >= 15 is 0 Å². The van der Waals surface area contributed by atoms with Crippen LogP contribution >= 0.6 is 0 Å². The number of benzene rings is 2. The molecule has 3 rings (SSSR count). The highest BCUT2D eigenvalue weighted by Crippen LogP contribution is 2.26. The second-order valence-electron chi connectivity index (χ2n) is 8.29. The summed E-state index contributed by atoms with van der Waals surface area (Å²) in [5.41, 5.74) is 1.79. The lowest BCUT2D eigenvalue weighted by Gasteiger charge is -2.20. The van der Waals surface area contributed by atoms with Crippen LogP contribution in [0, 0.1) is 5.82 Å². The van der Waals surface area contributed by atoms with Gasteiger partial charge in [0.1, 0.15) is 18.2 Å². The Morgan fingerprint density at radius 1 is 1.06 bits per heavy atom. The number of carbonyl (C=O) groups excluding carboxylic acids is 2. The fourth-order valence-electron chi connectivity index (χ4n) is 3.06. The highest BCUT2D eigenvalue weighted by Gasteiger charge is 2.23.